The summed E-state index contributed by atoms with van der Waals surface area (Å²) in [5, 5.41) is 2.11. The van der Waals surface area contributed by atoms with Crippen LogP contribution < -0.4 is 5.73 Å². The van der Waals surface area contributed by atoms with E-state index in [0.717, 1.165) is 39.1 Å². The number of nitrogens with zero attached hydrogens (tertiary/aromatic N) is 2. The zero-order valence-corrected chi connectivity index (χ0v) is 11.7. The maximum Gasteiger partial charge on any atom is 0.239 e. The summed E-state index contributed by atoms with van der Waals surface area (Å²) < 4.78 is 0. The third kappa shape index (κ3) is 3.54. The van der Waals surface area contributed by atoms with Crippen LogP contribution in [0.4, 0.5) is 0 Å². The van der Waals surface area contributed by atoms with Crippen molar-refractivity contribution in [2.75, 3.05) is 26.2 Å². The number of nitrogens with two attached hydrogens (primary N) is 1. The second-order valence-electron chi connectivity index (χ2n) is 4.82. The molecule has 2 N–H and O–H groups in total. The van der Waals surface area contributed by atoms with Crippen LogP contribution in [0.25, 0.3) is 0 Å². The van der Waals surface area contributed by atoms with E-state index in [1.807, 2.05) is 4.90 Å². The minimum Gasteiger partial charge on any atom is -0.340 e. The summed E-state index contributed by atoms with van der Waals surface area (Å²) in [7, 11) is 0. The average molecular weight is 267 g/mol. The van der Waals surface area contributed by atoms with Crippen molar-refractivity contribution >= 4 is 17.2 Å². The molecular formula is C13H21N3OS. The predicted molar refractivity (Wildman–Crippen MR) is 74.4 cm³/mol. The normalized spacial score (nSPS) is 19.6. The van der Waals surface area contributed by atoms with E-state index >= 15 is 0 Å². The maximum absolute atomic E-state index is 11.9. The Kier molecular flexibility index (Phi) is 4.74. The molecule has 18 heavy (non-hydrogen) atoms. The molecule has 0 saturated carbocycles. The number of rotatable bonds is 3. The van der Waals surface area contributed by atoms with E-state index in [4.69, 9.17) is 5.73 Å². The standard InChI is InChI=1S/C13H21N3OS/c1-11(14)13(17)16-6-3-5-15(7-8-16)10-12-4-2-9-18-12/h2,4,9,11H,3,5-8,10,14H2,1H3. The highest BCUT2D eigenvalue weighted by molar-refractivity contribution is 7.09. The van der Waals surface area contributed by atoms with E-state index in [0.29, 0.717) is 0 Å². The van der Waals surface area contributed by atoms with Crippen molar-refractivity contribution in [2.24, 2.45) is 5.73 Å². The molecular weight excluding hydrogens is 246 g/mol. The van der Waals surface area contributed by atoms with Gasteiger partial charge in [0.2, 0.25) is 5.91 Å². The molecule has 2 heterocycles. The number of hydrogen-bond donors (Lipinski definition) is 1. The lowest BCUT2D eigenvalue weighted by Gasteiger charge is -2.23. The van der Waals surface area contributed by atoms with Crippen LogP contribution >= 0.6 is 11.3 Å². The van der Waals surface area contributed by atoms with Gasteiger partial charge in [0.25, 0.3) is 0 Å². The molecule has 1 amide bonds. The van der Waals surface area contributed by atoms with Gasteiger partial charge in [-0.2, -0.15) is 0 Å². The number of carbonyl (C=O) groups is 1. The topological polar surface area (TPSA) is 49.6 Å². The van der Waals surface area contributed by atoms with Gasteiger partial charge in [-0.15, -0.1) is 11.3 Å². The average Bonchev–Trinajstić information content (AvgIpc) is 2.73. The van der Waals surface area contributed by atoms with Gasteiger partial charge in [-0.25, -0.2) is 0 Å². The lowest BCUT2D eigenvalue weighted by atomic mass is 10.3. The molecule has 0 aliphatic carbocycles. The van der Waals surface area contributed by atoms with E-state index in [9.17, 15) is 4.79 Å². The van der Waals surface area contributed by atoms with Gasteiger partial charge in [0.1, 0.15) is 0 Å². The summed E-state index contributed by atoms with van der Waals surface area (Å²) in [6, 6.07) is 3.87. The highest BCUT2D eigenvalue weighted by atomic mass is 32.1. The van der Waals surface area contributed by atoms with Gasteiger partial charge in [-0.05, 0) is 24.8 Å². The van der Waals surface area contributed by atoms with Crippen LogP contribution in [-0.4, -0.2) is 47.9 Å². The molecule has 1 fully saturated rings. The Labute approximate surface area is 112 Å². The molecule has 1 atom stereocenters. The van der Waals surface area contributed by atoms with Crippen molar-refractivity contribution in [2.45, 2.75) is 25.9 Å². The van der Waals surface area contributed by atoms with Crippen molar-refractivity contribution in [3.8, 4) is 0 Å². The molecule has 5 heteroatoms. The first-order valence-electron chi connectivity index (χ1n) is 6.46. The minimum absolute atomic E-state index is 0.0768. The van der Waals surface area contributed by atoms with Crippen LogP contribution in [0.1, 0.15) is 18.2 Å². The second kappa shape index (κ2) is 6.31. The fourth-order valence-electron chi connectivity index (χ4n) is 2.26. The van der Waals surface area contributed by atoms with Crippen LogP contribution in [0.5, 0.6) is 0 Å². The fraction of sp³-hybridized carbons (Fsp3) is 0.615. The smallest absolute Gasteiger partial charge is 0.239 e. The van der Waals surface area contributed by atoms with Gasteiger partial charge in [0.05, 0.1) is 6.04 Å². The largest absolute Gasteiger partial charge is 0.340 e. The highest BCUT2D eigenvalue weighted by Gasteiger charge is 2.21. The Hall–Kier alpha value is -0.910. The van der Waals surface area contributed by atoms with E-state index in [-0.39, 0.29) is 11.9 Å². The molecule has 1 aliphatic rings. The molecule has 1 aromatic rings. The molecule has 0 aromatic carbocycles. The van der Waals surface area contributed by atoms with Crippen LogP contribution in [0.3, 0.4) is 0 Å². The van der Waals surface area contributed by atoms with Crippen molar-refractivity contribution in [1.29, 1.82) is 0 Å². The van der Waals surface area contributed by atoms with Crippen LogP contribution in [-0.2, 0) is 11.3 Å². The van der Waals surface area contributed by atoms with Gasteiger partial charge in [0.15, 0.2) is 0 Å². The highest BCUT2D eigenvalue weighted by Crippen LogP contribution is 2.13. The van der Waals surface area contributed by atoms with Gasteiger partial charge in [0, 0.05) is 37.6 Å². The van der Waals surface area contributed by atoms with Gasteiger partial charge in [-0.3, -0.25) is 9.69 Å². The van der Waals surface area contributed by atoms with Crippen molar-refractivity contribution in [3.05, 3.63) is 22.4 Å². The minimum atomic E-state index is -0.381. The SMILES string of the molecule is CC(N)C(=O)N1CCCN(Cc2cccs2)CC1. The lowest BCUT2D eigenvalue weighted by molar-refractivity contribution is -0.132. The molecule has 0 spiro atoms. The second-order valence-corrected chi connectivity index (χ2v) is 5.86. The van der Waals surface area contributed by atoms with Crippen molar-refractivity contribution in [1.82, 2.24) is 9.80 Å². The van der Waals surface area contributed by atoms with Crippen LogP contribution in [0.15, 0.2) is 17.5 Å². The maximum atomic E-state index is 11.9. The Balaban J connectivity index is 1.86. The zero-order chi connectivity index (χ0) is 13.0. The molecule has 1 aromatic heterocycles. The first-order valence-corrected chi connectivity index (χ1v) is 7.34. The summed E-state index contributed by atoms with van der Waals surface area (Å²) in [5.74, 6) is 0.0768. The summed E-state index contributed by atoms with van der Waals surface area (Å²) >= 11 is 1.79. The van der Waals surface area contributed by atoms with E-state index in [2.05, 4.69) is 22.4 Å². The third-order valence-electron chi connectivity index (χ3n) is 3.25. The van der Waals surface area contributed by atoms with Gasteiger partial charge < -0.3 is 10.6 Å². The fourth-order valence-corrected chi connectivity index (χ4v) is 3.01. The number of amides is 1. The summed E-state index contributed by atoms with van der Waals surface area (Å²) in [4.78, 5) is 17.6. The van der Waals surface area contributed by atoms with E-state index < -0.39 is 0 Å². The quantitative estimate of drug-likeness (QED) is 0.893. The molecule has 0 radical (unpaired) electrons. The number of carbonyl (C=O) groups excluding carboxylic acids is 1. The molecule has 1 saturated heterocycles. The Morgan fingerprint density at radius 2 is 2.28 bits per heavy atom. The Bertz CT molecular complexity index is 378. The Morgan fingerprint density at radius 3 is 2.94 bits per heavy atom. The molecule has 100 valence electrons. The van der Waals surface area contributed by atoms with Crippen LogP contribution in [0, 0.1) is 0 Å². The monoisotopic (exact) mass is 267 g/mol. The summed E-state index contributed by atoms with van der Waals surface area (Å²) in [6.07, 6.45) is 1.03. The van der Waals surface area contributed by atoms with E-state index in [1.54, 1.807) is 18.3 Å². The van der Waals surface area contributed by atoms with Crippen molar-refractivity contribution in [3.63, 3.8) is 0 Å². The molecule has 1 aliphatic heterocycles. The number of hydrogen-bond acceptors (Lipinski definition) is 4. The Morgan fingerprint density at radius 1 is 1.44 bits per heavy atom. The summed E-state index contributed by atoms with van der Waals surface area (Å²) in [6.45, 7) is 6.39. The molecule has 0 bridgehead atoms. The zero-order valence-electron chi connectivity index (χ0n) is 10.8. The first kappa shape index (κ1) is 13.5. The number of thiophene rings is 1. The molecule has 2 rings (SSSR count). The lowest BCUT2D eigenvalue weighted by Crippen LogP contribution is -2.43. The van der Waals surface area contributed by atoms with Crippen molar-refractivity contribution < 1.29 is 4.79 Å². The molecule has 1 unspecified atom stereocenters. The van der Waals surface area contributed by atoms with Gasteiger partial charge >= 0.3 is 0 Å². The first-order chi connectivity index (χ1) is 8.66. The van der Waals surface area contributed by atoms with Gasteiger partial charge in [-0.1, -0.05) is 6.07 Å². The van der Waals surface area contributed by atoms with Crippen LogP contribution in [0.2, 0.25) is 0 Å². The molecule has 4 nitrogen and oxygen atoms in total. The van der Waals surface area contributed by atoms with E-state index in [1.165, 1.54) is 4.88 Å². The predicted octanol–water partition coefficient (Wildman–Crippen LogP) is 1.13. The summed E-state index contributed by atoms with van der Waals surface area (Å²) in [5.41, 5.74) is 5.66. The third-order valence-corrected chi connectivity index (χ3v) is 4.11.